The smallest absolute Gasteiger partial charge is 0.357 e. The first kappa shape index (κ1) is 15.1. The summed E-state index contributed by atoms with van der Waals surface area (Å²) in [5.74, 6) is 0.251. The number of carboxylic acid groups (broad SMARTS) is 1. The van der Waals surface area contributed by atoms with Gasteiger partial charge in [-0.15, -0.1) is 23.5 Å². The molecule has 2 N–H and O–H groups in total. The van der Waals surface area contributed by atoms with Crippen LogP contribution in [0, 0.1) is 0 Å². The summed E-state index contributed by atoms with van der Waals surface area (Å²) in [7, 11) is 0. The molecule has 0 unspecified atom stereocenters. The second-order valence-electron chi connectivity index (χ2n) is 3.29. The van der Waals surface area contributed by atoms with Gasteiger partial charge in [0.15, 0.2) is 0 Å². The molecule has 0 atom stereocenters. The molecular weight excluding hydrogens is 232 g/mol. The van der Waals surface area contributed by atoms with Crippen molar-refractivity contribution in [2.24, 2.45) is 0 Å². The second kappa shape index (κ2) is 8.30. The van der Waals surface area contributed by atoms with Gasteiger partial charge in [-0.2, -0.15) is 0 Å². The minimum Gasteiger partial charge on any atom is -0.478 e. The molecule has 0 aliphatic heterocycles. The third kappa shape index (κ3) is 6.33. The summed E-state index contributed by atoms with van der Waals surface area (Å²) in [6.07, 6.45) is 3.91. The van der Waals surface area contributed by atoms with Crippen LogP contribution in [0.4, 0.5) is 0 Å². The Hall–Kier alpha value is 0.130. The molecule has 0 radical (unpaired) electrons. The molecular formula is C10H20O3S2. The third-order valence-electron chi connectivity index (χ3n) is 1.86. The summed E-state index contributed by atoms with van der Waals surface area (Å²) < 4.78 is -1.65. The molecule has 0 aromatic carbocycles. The molecule has 15 heavy (non-hydrogen) atoms. The molecule has 0 amide bonds. The van der Waals surface area contributed by atoms with Gasteiger partial charge in [-0.25, -0.2) is 4.79 Å². The zero-order chi connectivity index (χ0) is 11.7. The van der Waals surface area contributed by atoms with E-state index in [9.17, 15) is 9.90 Å². The number of thioether (sulfide) groups is 2. The Balaban J connectivity index is 4.01. The van der Waals surface area contributed by atoms with Gasteiger partial charge in [0, 0.05) is 0 Å². The van der Waals surface area contributed by atoms with Gasteiger partial charge in [-0.3, -0.25) is 0 Å². The first-order valence-corrected chi connectivity index (χ1v) is 7.27. The van der Waals surface area contributed by atoms with Crippen LogP contribution in [0.5, 0.6) is 0 Å². The molecule has 0 aromatic heterocycles. The summed E-state index contributed by atoms with van der Waals surface area (Å²) in [6.45, 7) is 4.09. The zero-order valence-electron chi connectivity index (χ0n) is 9.36. The lowest BCUT2D eigenvalue weighted by atomic mass is 10.4. The molecule has 0 aliphatic rings. The lowest BCUT2D eigenvalue weighted by Crippen LogP contribution is -2.31. The van der Waals surface area contributed by atoms with Crippen LogP contribution in [0.1, 0.15) is 39.5 Å². The Morgan fingerprint density at radius 1 is 1.13 bits per heavy atom. The van der Waals surface area contributed by atoms with Crippen molar-refractivity contribution in [1.29, 1.82) is 0 Å². The van der Waals surface area contributed by atoms with Gasteiger partial charge >= 0.3 is 5.97 Å². The van der Waals surface area contributed by atoms with Crippen LogP contribution in [0.15, 0.2) is 0 Å². The average molecular weight is 252 g/mol. The minimum absolute atomic E-state index is 0.693. The molecule has 0 heterocycles. The van der Waals surface area contributed by atoms with E-state index in [1.807, 2.05) is 13.8 Å². The Morgan fingerprint density at radius 3 is 1.80 bits per heavy atom. The fourth-order valence-electron chi connectivity index (χ4n) is 0.875. The summed E-state index contributed by atoms with van der Waals surface area (Å²) in [4.78, 5) is 10.9. The molecule has 5 heteroatoms. The monoisotopic (exact) mass is 252 g/mol. The van der Waals surface area contributed by atoms with Crippen LogP contribution in [-0.2, 0) is 4.79 Å². The number of carboxylic acids is 1. The molecule has 0 aromatic rings. The molecule has 0 aliphatic carbocycles. The quantitative estimate of drug-likeness (QED) is 0.488. The largest absolute Gasteiger partial charge is 0.478 e. The maximum atomic E-state index is 10.9. The van der Waals surface area contributed by atoms with Crippen LogP contribution in [0.3, 0.4) is 0 Å². The van der Waals surface area contributed by atoms with Crippen molar-refractivity contribution >= 4 is 29.5 Å². The van der Waals surface area contributed by atoms with Crippen LogP contribution < -0.4 is 0 Å². The van der Waals surface area contributed by atoms with E-state index < -0.39 is 10.2 Å². The SMILES string of the molecule is CCCCSC(O)(SCCCC)C(=O)O. The van der Waals surface area contributed by atoms with Crippen LogP contribution in [0.25, 0.3) is 0 Å². The molecule has 0 rings (SSSR count). The molecule has 3 nitrogen and oxygen atoms in total. The molecule has 0 bridgehead atoms. The average Bonchev–Trinajstić information content (AvgIpc) is 2.18. The van der Waals surface area contributed by atoms with E-state index in [1.165, 1.54) is 0 Å². The number of hydrogen-bond donors (Lipinski definition) is 2. The fraction of sp³-hybridized carbons (Fsp3) is 0.900. The molecule has 0 saturated heterocycles. The summed E-state index contributed by atoms with van der Waals surface area (Å²) in [5.41, 5.74) is 0. The highest BCUT2D eigenvalue weighted by molar-refractivity contribution is 8.19. The van der Waals surface area contributed by atoms with Crippen molar-refractivity contribution in [1.82, 2.24) is 0 Å². The zero-order valence-corrected chi connectivity index (χ0v) is 11.0. The highest BCUT2D eigenvalue weighted by Gasteiger charge is 2.36. The standard InChI is InChI=1S/C10H20O3S2/c1-3-5-7-14-10(13,9(11)12)15-8-6-4-2/h13H,3-8H2,1-2H3,(H,11,12). The first-order chi connectivity index (χ1) is 7.06. The van der Waals surface area contributed by atoms with Crippen molar-refractivity contribution in [2.75, 3.05) is 11.5 Å². The number of aliphatic hydroxyl groups is 1. The molecule has 0 saturated carbocycles. The van der Waals surface area contributed by atoms with Gasteiger partial charge in [0.2, 0.25) is 0 Å². The highest BCUT2D eigenvalue weighted by Crippen LogP contribution is 2.36. The van der Waals surface area contributed by atoms with Gasteiger partial charge in [0.05, 0.1) is 0 Å². The molecule has 90 valence electrons. The number of aliphatic carboxylic acids is 1. The van der Waals surface area contributed by atoms with Crippen molar-refractivity contribution < 1.29 is 15.0 Å². The first-order valence-electron chi connectivity index (χ1n) is 5.30. The molecule has 0 spiro atoms. The van der Waals surface area contributed by atoms with E-state index in [2.05, 4.69) is 0 Å². The number of unbranched alkanes of at least 4 members (excludes halogenated alkanes) is 2. The van der Waals surface area contributed by atoms with Crippen LogP contribution in [0.2, 0.25) is 0 Å². The lowest BCUT2D eigenvalue weighted by Gasteiger charge is -2.21. The summed E-state index contributed by atoms with van der Waals surface area (Å²) in [5, 5.41) is 18.8. The van der Waals surface area contributed by atoms with Gasteiger partial charge in [0.1, 0.15) is 0 Å². The van der Waals surface area contributed by atoms with Crippen molar-refractivity contribution in [3.63, 3.8) is 0 Å². The fourth-order valence-corrected chi connectivity index (χ4v) is 3.37. The topological polar surface area (TPSA) is 57.5 Å². The van der Waals surface area contributed by atoms with Crippen LogP contribution >= 0.6 is 23.5 Å². The number of hydrogen-bond acceptors (Lipinski definition) is 4. The maximum absolute atomic E-state index is 10.9. The summed E-state index contributed by atoms with van der Waals surface area (Å²) >= 11 is 2.25. The Labute approximate surface area is 100 Å². The third-order valence-corrected chi connectivity index (χ3v) is 4.69. The normalized spacial score (nSPS) is 11.7. The maximum Gasteiger partial charge on any atom is 0.357 e. The molecule has 0 fully saturated rings. The number of carbonyl (C=O) groups is 1. The second-order valence-corrected chi connectivity index (χ2v) is 6.12. The van der Waals surface area contributed by atoms with Gasteiger partial charge < -0.3 is 10.2 Å². The Kier molecular flexibility index (Phi) is 8.37. The minimum atomic E-state index is -1.65. The highest BCUT2D eigenvalue weighted by atomic mass is 32.2. The van der Waals surface area contributed by atoms with E-state index in [0.29, 0.717) is 11.5 Å². The van der Waals surface area contributed by atoms with E-state index in [0.717, 1.165) is 49.2 Å². The van der Waals surface area contributed by atoms with Gasteiger partial charge in [-0.05, 0) is 24.3 Å². The summed E-state index contributed by atoms with van der Waals surface area (Å²) in [6, 6.07) is 0. The van der Waals surface area contributed by atoms with Crippen molar-refractivity contribution in [2.45, 2.75) is 43.8 Å². The predicted molar refractivity (Wildman–Crippen MR) is 67.3 cm³/mol. The van der Waals surface area contributed by atoms with E-state index in [4.69, 9.17) is 5.11 Å². The van der Waals surface area contributed by atoms with E-state index >= 15 is 0 Å². The van der Waals surface area contributed by atoms with Gasteiger partial charge in [0.25, 0.3) is 4.27 Å². The van der Waals surface area contributed by atoms with E-state index in [-0.39, 0.29) is 0 Å². The number of rotatable bonds is 9. The Morgan fingerprint density at radius 2 is 1.53 bits per heavy atom. The van der Waals surface area contributed by atoms with Gasteiger partial charge in [-0.1, -0.05) is 26.7 Å². The van der Waals surface area contributed by atoms with E-state index in [1.54, 1.807) is 0 Å². The Bertz CT molecular complexity index is 176. The van der Waals surface area contributed by atoms with Crippen molar-refractivity contribution in [3.8, 4) is 0 Å². The van der Waals surface area contributed by atoms with Crippen molar-refractivity contribution in [3.05, 3.63) is 0 Å². The van der Waals surface area contributed by atoms with Crippen LogP contribution in [-0.4, -0.2) is 32.0 Å². The predicted octanol–water partition coefficient (Wildman–Crippen LogP) is 2.78. The lowest BCUT2D eigenvalue weighted by molar-refractivity contribution is -0.143.